The van der Waals surface area contributed by atoms with Crippen LogP contribution < -0.4 is 4.72 Å². The zero-order valence-electron chi connectivity index (χ0n) is 10.2. The number of nitrogens with one attached hydrogen (secondary N) is 1. The van der Waals surface area contributed by atoms with Crippen LogP contribution >= 0.6 is 0 Å². The monoisotopic (exact) mass is 299 g/mol. The van der Waals surface area contributed by atoms with Gasteiger partial charge in [0.1, 0.15) is 6.04 Å². The average Bonchev–Trinajstić information content (AvgIpc) is 2.55. The van der Waals surface area contributed by atoms with Crippen molar-refractivity contribution in [2.75, 3.05) is 11.5 Å². The summed E-state index contributed by atoms with van der Waals surface area (Å²) in [5.74, 6) is -2.30. The van der Waals surface area contributed by atoms with E-state index in [1.165, 1.54) is 0 Å². The fraction of sp³-hybridized carbons (Fsp3) is 0.889. The Balaban J connectivity index is 2.86. The van der Waals surface area contributed by atoms with Gasteiger partial charge in [-0.25, -0.2) is 21.6 Å². The molecule has 0 aromatic carbocycles. The highest BCUT2D eigenvalue weighted by Crippen LogP contribution is 2.19. The largest absolute Gasteiger partial charge is 0.480 e. The van der Waals surface area contributed by atoms with Gasteiger partial charge in [-0.05, 0) is 12.3 Å². The Morgan fingerprint density at radius 3 is 2.28 bits per heavy atom. The minimum absolute atomic E-state index is 0.0160. The second kappa shape index (κ2) is 5.14. The Bertz CT molecular complexity index is 521. The number of aliphatic carboxylic acids is 1. The Kier molecular flexibility index (Phi) is 4.39. The Morgan fingerprint density at radius 1 is 1.39 bits per heavy atom. The highest BCUT2D eigenvalue weighted by Gasteiger charge is 2.39. The maximum Gasteiger partial charge on any atom is 0.321 e. The topological polar surface area (TPSA) is 118 Å². The first-order chi connectivity index (χ1) is 8.05. The quantitative estimate of drug-likeness (QED) is 0.686. The van der Waals surface area contributed by atoms with Crippen LogP contribution in [-0.4, -0.2) is 50.7 Å². The van der Waals surface area contributed by atoms with E-state index >= 15 is 0 Å². The molecule has 1 rings (SSSR count). The Labute approximate surface area is 107 Å². The molecule has 0 radical (unpaired) electrons. The van der Waals surface area contributed by atoms with E-state index in [1.54, 1.807) is 13.8 Å². The van der Waals surface area contributed by atoms with Gasteiger partial charge in [0.05, 0.1) is 16.8 Å². The molecule has 0 aromatic rings. The van der Waals surface area contributed by atoms with Gasteiger partial charge in [-0.3, -0.25) is 4.79 Å². The van der Waals surface area contributed by atoms with Gasteiger partial charge in [0.2, 0.25) is 10.0 Å². The number of sulfone groups is 1. The van der Waals surface area contributed by atoms with E-state index in [9.17, 15) is 21.6 Å². The molecule has 0 aromatic heterocycles. The molecular weight excluding hydrogens is 282 g/mol. The number of rotatable bonds is 5. The summed E-state index contributed by atoms with van der Waals surface area (Å²) in [6.07, 6.45) is 0.0160. The Morgan fingerprint density at radius 2 is 1.94 bits per heavy atom. The second-order valence-corrected chi connectivity index (χ2v) is 8.97. The lowest BCUT2D eigenvalue weighted by Gasteiger charge is -2.20. The Hall–Kier alpha value is -0.670. The lowest BCUT2D eigenvalue weighted by Crippen LogP contribution is -2.48. The van der Waals surface area contributed by atoms with Gasteiger partial charge in [-0.1, -0.05) is 13.8 Å². The van der Waals surface area contributed by atoms with Crippen LogP contribution in [0.4, 0.5) is 0 Å². The van der Waals surface area contributed by atoms with Gasteiger partial charge < -0.3 is 5.11 Å². The third-order valence-corrected chi connectivity index (χ3v) is 6.69. The van der Waals surface area contributed by atoms with E-state index in [4.69, 9.17) is 5.11 Å². The summed E-state index contributed by atoms with van der Waals surface area (Å²) in [4.78, 5) is 10.9. The summed E-state index contributed by atoms with van der Waals surface area (Å²) in [7, 11) is -7.25. The zero-order chi connectivity index (χ0) is 14.1. The second-order valence-electron chi connectivity index (χ2n) is 4.75. The van der Waals surface area contributed by atoms with Crippen LogP contribution in [0.15, 0.2) is 0 Å². The third-order valence-electron chi connectivity index (χ3n) is 2.85. The minimum atomic E-state index is -3.93. The van der Waals surface area contributed by atoms with Gasteiger partial charge in [0.15, 0.2) is 9.84 Å². The van der Waals surface area contributed by atoms with Gasteiger partial charge in [0.25, 0.3) is 0 Å². The van der Waals surface area contributed by atoms with Crippen molar-refractivity contribution in [3.8, 4) is 0 Å². The molecule has 1 fully saturated rings. The predicted molar refractivity (Wildman–Crippen MR) is 65.4 cm³/mol. The molecule has 7 nitrogen and oxygen atoms in total. The third kappa shape index (κ3) is 3.66. The lowest BCUT2D eigenvalue weighted by atomic mass is 10.1. The average molecular weight is 299 g/mol. The molecule has 0 amide bonds. The standard InChI is InChI=1S/C9H17NO6S2/c1-6(2)8(9(11)12)10-18(15,16)7-3-4-17(13,14)5-7/h6-8,10H,3-5H2,1-2H3,(H,11,12)/t7?,8-/m0/s1. The van der Waals surface area contributed by atoms with Crippen molar-refractivity contribution in [3.63, 3.8) is 0 Å². The summed E-state index contributed by atoms with van der Waals surface area (Å²) in [5, 5.41) is 7.85. The highest BCUT2D eigenvalue weighted by molar-refractivity contribution is 7.95. The zero-order valence-corrected chi connectivity index (χ0v) is 11.8. The van der Waals surface area contributed by atoms with Gasteiger partial charge in [-0.2, -0.15) is 0 Å². The number of carboxylic acid groups (broad SMARTS) is 1. The number of hydrogen-bond acceptors (Lipinski definition) is 5. The maximum absolute atomic E-state index is 11.9. The summed E-state index contributed by atoms with van der Waals surface area (Å²) >= 11 is 0. The van der Waals surface area contributed by atoms with Crippen molar-refractivity contribution in [1.82, 2.24) is 4.72 Å². The van der Waals surface area contributed by atoms with Gasteiger partial charge in [0, 0.05) is 0 Å². The van der Waals surface area contributed by atoms with Crippen molar-refractivity contribution < 1.29 is 26.7 Å². The molecule has 106 valence electrons. The van der Waals surface area contributed by atoms with E-state index in [0.29, 0.717) is 0 Å². The molecule has 1 aliphatic heterocycles. The molecule has 2 N–H and O–H groups in total. The van der Waals surface area contributed by atoms with Crippen LogP contribution in [0.3, 0.4) is 0 Å². The molecule has 1 saturated heterocycles. The smallest absolute Gasteiger partial charge is 0.321 e. The van der Waals surface area contributed by atoms with E-state index < -0.39 is 48.8 Å². The van der Waals surface area contributed by atoms with E-state index in [1.807, 2.05) is 0 Å². The van der Waals surface area contributed by atoms with Gasteiger partial charge >= 0.3 is 5.97 Å². The molecule has 0 bridgehead atoms. The molecule has 0 aliphatic carbocycles. The normalized spacial score (nSPS) is 25.2. The van der Waals surface area contributed by atoms with E-state index in [-0.39, 0.29) is 12.2 Å². The molecular formula is C9H17NO6S2. The molecule has 1 unspecified atom stereocenters. The van der Waals surface area contributed by atoms with Crippen LogP contribution in [0.1, 0.15) is 20.3 Å². The molecule has 1 aliphatic rings. The highest BCUT2D eigenvalue weighted by atomic mass is 32.2. The predicted octanol–water partition coefficient (Wildman–Crippen LogP) is -0.798. The van der Waals surface area contributed by atoms with E-state index in [2.05, 4.69) is 4.72 Å². The van der Waals surface area contributed by atoms with Gasteiger partial charge in [-0.15, -0.1) is 0 Å². The van der Waals surface area contributed by atoms with Crippen molar-refractivity contribution in [1.29, 1.82) is 0 Å². The van der Waals surface area contributed by atoms with Crippen LogP contribution in [0.5, 0.6) is 0 Å². The molecule has 0 spiro atoms. The molecule has 1 heterocycles. The molecule has 9 heteroatoms. The fourth-order valence-electron chi connectivity index (χ4n) is 1.75. The number of carboxylic acids is 1. The van der Waals surface area contributed by atoms with Crippen molar-refractivity contribution in [2.45, 2.75) is 31.6 Å². The van der Waals surface area contributed by atoms with Crippen LogP contribution in [0.25, 0.3) is 0 Å². The summed E-state index contributed by atoms with van der Waals surface area (Å²) in [6.45, 7) is 3.15. The number of hydrogen-bond donors (Lipinski definition) is 2. The van der Waals surface area contributed by atoms with Crippen molar-refractivity contribution in [2.24, 2.45) is 5.92 Å². The first kappa shape index (κ1) is 15.4. The summed E-state index contributed by atoms with van der Waals surface area (Å²) < 4.78 is 48.3. The SMILES string of the molecule is CC(C)[C@H](NS(=O)(=O)C1CCS(=O)(=O)C1)C(=O)O. The molecule has 0 saturated carbocycles. The molecule has 18 heavy (non-hydrogen) atoms. The van der Waals surface area contributed by atoms with Crippen molar-refractivity contribution >= 4 is 25.8 Å². The summed E-state index contributed by atoms with van der Waals surface area (Å²) in [6, 6.07) is -1.24. The minimum Gasteiger partial charge on any atom is -0.480 e. The van der Waals surface area contributed by atoms with Crippen LogP contribution in [0, 0.1) is 5.92 Å². The maximum atomic E-state index is 11.9. The summed E-state index contributed by atoms with van der Waals surface area (Å²) in [5.41, 5.74) is 0. The van der Waals surface area contributed by atoms with E-state index in [0.717, 1.165) is 0 Å². The van der Waals surface area contributed by atoms with Crippen LogP contribution in [-0.2, 0) is 24.7 Å². The van der Waals surface area contributed by atoms with Crippen molar-refractivity contribution in [3.05, 3.63) is 0 Å². The number of sulfonamides is 1. The fourth-order valence-corrected chi connectivity index (χ4v) is 6.13. The first-order valence-corrected chi connectivity index (χ1v) is 8.86. The molecule has 2 atom stereocenters. The van der Waals surface area contributed by atoms with Crippen LogP contribution in [0.2, 0.25) is 0 Å². The number of carbonyl (C=O) groups is 1. The first-order valence-electron chi connectivity index (χ1n) is 5.49. The lowest BCUT2D eigenvalue weighted by molar-refractivity contribution is -0.140.